The topological polar surface area (TPSA) is 97.6 Å². The van der Waals surface area contributed by atoms with Crippen LogP contribution in [-0.4, -0.2) is 34.8 Å². The molecule has 0 aromatic heterocycles. The van der Waals surface area contributed by atoms with Crippen LogP contribution in [0, 0.1) is 0 Å². The van der Waals surface area contributed by atoms with Crippen LogP contribution < -0.4 is 10.4 Å². The van der Waals surface area contributed by atoms with Gasteiger partial charge in [0, 0.05) is 6.42 Å². The molecule has 5 nitrogen and oxygen atoms in total. The minimum atomic E-state index is -0.947. The number of carboxylic acid groups (broad SMARTS) is 1. The average molecular weight is 159 g/mol. The molecule has 0 aromatic carbocycles. The molecule has 0 bridgehead atoms. The summed E-state index contributed by atoms with van der Waals surface area (Å²) in [5.41, 5.74) is 5.29. The summed E-state index contributed by atoms with van der Waals surface area (Å²) >= 11 is 0. The lowest BCUT2D eigenvalue weighted by molar-refractivity contribution is -0.137. The van der Waals surface area contributed by atoms with E-state index in [1.807, 2.05) is 0 Å². The summed E-state index contributed by atoms with van der Waals surface area (Å²) in [5, 5.41) is 17.0. The first-order valence-corrected chi connectivity index (χ1v) is 3.07. The van der Waals surface area contributed by atoms with E-state index in [-0.39, 0.29) is 18.7 Å². The molecular formula is C6H11N2O3+. The summed E-state index contributed by atoms with van der Waals surface area (Å²) < 4.78 is 3.17. The van der Waals surface area contributed by atoms with Crippen molar-refractivity contribution in [2.45, 2.75) is 18.9 Å². The zero-order chi connectivity index (χ0) is 8.85. The first-order valence-electron chi connectivity index (χ1n) is 3.07. The number of aliphatic carboxylic acids is 1. The Hall–Kier alpha value is -1.32. The molecule has 0 aliphatic heterocycles. The molecular weight excluding hydrogens is 148 g/mol. The van der Waals surface area contributed by atoms with Gasteiger partial charge in [0.1, 0.15) is 6.04 Å². The molecule has 11 heavy (non-hydrogen) atoms. The summed E-state index contributed by atoms with van der Waals surface area (Å²) in [6, 6.07) is -0.719. The molecule has 0 fully saturated rings. The molecule has 0 rings (SSSR count). The Morgan fingerprint density at radius 1 is 1.64 bits per heavy atom. The molecule has 0 aliphatic carbocycles. The largest absolute Gasteiger partial charge is 0.481 e. The van der Waals surface area contributed by atoms with E-state index in [4.69, 9.17) is 15.9 Å². The molecule has 0 spiro atoms. The summed E-state index contributed by atoms with van der Waals surface area (Å²) in [7, 11) is 0. The third-order valence-electron chi connectivity index (χ3n) is 1.16. The summed E-state index contributed by atoms with van der Waals surface area (Å²) in [6.45, 7) is 3.04. The second-order valence-electron chi connectivity index (χ2n) is 2.06. The van der Waals surface area contributed by atoms with Gasteiger partial charge in [-0.05, 0) is 6.42 Å². The third kappa shape index (κ3) is 4.13. The van der Waals surface area contributed by atoms with Crippen LogP contribution in [0.1, 0.15) is 12.8 Å². The summed E-state index contributed by atoms with van der Waals surface area (Å²) in [5.74, 6) is -1.26. The highest BCUT2D eigenvalue weighted by Gasteiger charge is 2.18. The van der Waals surface area contributed by atoms with Crippen LogP contribution in [0.5, 0.6) is 0 Å². The van der Waals surface area contributed by atoms with Gasteiger partial charge < -0.3 is 15.9 Å². The Kier molecular flexibility index (Phi) is 3.95. The Morgan fingerprint density at radius 3 is 2.55 bits per heavy atom. The second-order valence-corrected chi connectivity index (χ2v) is 2.06. The Labute approximate surface area is 63.9 Å². The normalized spacial score (nSPS) is 11.7. The number of hydrogen-bond acceptors (Lipinski definition) is 2. The van der Waals surface area contributed by atoms with E-state index >= 15 is 0 Å². The molecule has 0 radical (unpaired) electrons. The maximum atomic E-state index is 10.0. The quantitative estimate of drug-likeness (QED) is 0.275. The van der Waals surface area contributed by atoms with E-state index in [1.54, 1.807) is 0 Å². The standard InChI is InChI=1S/C6H10N2O3/c1-8-6(11)4(7)2-3-5(9)10/h4H,1-3,7H2,(H,9,10)/p+1. The van der Waals surface area contributed by atoms with Gasteiger partial charge in [-0.3, -0.25) is 4.79 Å². The number of nitrogens with zero attached hydrogens (tertiary/aromatic N) is 1. The Balaban J connectivity index is 3.79. The highest BCUT2D eigenvalue weighted by Crippen LogP contribution is 1.93. The average Bonchev–Trinajstić information content (AvgIpc) is 1.98. The van der Waals surface area contributed by atoms with Gasteiger partial charge in [-0.15, -0.1) is 0 Å². The molecule has 62 valence electrons. The summed E-state index contributed by atoms with van der Waals surface area (Å²) in [6.07, 6.45) is 0.0843. The van der Waals surface area contributed by atoms with Gasteiger partial charge in [0.25, 0.3) is 6.72 Å². The molecule has 0 saturated carbocycles. The van der Waals surface area contributed by atoms with Gasteiger partial charge in [0.2, 0.25) is 0 Å². The zero-order valence-electron chi connectivity index (χ0n) is 6.03. The van der Waals surface area contributed by atoms with Crippen LogP contribution >= 0.6 is 0 Å². The number of nitrogens with two attached hydrogens (primary N) is 1. The van der Waals surface area contributed by atoms with Crippen LogP contribution in [0.25, 0.3) is 0 Å². The van der Waals surface area contributed by atoms with Gasteiger partial charge in [-0.1, -0.05) is 4.67 Å². The van der Waals surface area contributed by atoms with Crippen LogP contribution in [0.2, 0.25) is 0 Å². The van der Waals surface area contributed by atoms with Crippen LogP contribution in [-0.2, 0) is 4.79 Å². The molecule has 0 aliphatic rings. The minimum Gasteiger partial charge on any atom is -0.481 e. The highest BCUT2D eigenvalue weighted by atomic mass is 16.4. The van der Waals surface area contributed by atoms with Crippen molar-refractivity contribution in [3.05, 3.63) is 0 Å². The lowest BCUT2D eigenvalue weighted by atomic mass is 10.2. The van der Waals surface area contributed by atoms with Gasteiger partial charge >= 0.3 is 11.9 Å². The van der Waals surface area contributed by atoms with E-state index in [1.165, 1.54) is 0 Å². The van der Waals surface area contributed by atoms with E-state index < -0.39 is 12.0 Å². The fourth-order valence-corrected chi connectivity index (χ4v) is 0.525. The Bertz CT molecular complexity index is 196. The van der Waals surface area contributed by atoms with Crippen molar-refractivity contribution in [2.75, 3.05) is 0 Å². The van der Waals surface area contributed by atoms with Crippen molar-refractivity contribution >= 4 is 18.6 Å². The Morgan fingerprint density at radius 2 is 2.18 bits per heavy atom. The van der Waals surface area contributed by atoms with Crippen LogP contribution in [0.4, 0.5) is 0 Å². The van der Waals surface area contributed by atoms with Gasteiger partial charge in [0.05, 0.1) is 0 Å². The molecule has 1 atom stereocenters. The number of carboxylic acids is 1. The molecule has 5 heteroatoms. The lowest BCUT2D eigenvalue weighted by Crippen LogP contribution is -2.32. The van der Waals surface area contributed by atoms with E-state index in [2.05, 4.69) is 11.4 Å². The van der Waals surface area contributed by atoms with Gasteiger partial charge in [-0.25, -0.2) is 0 Å². The molecule has 1 unspecified atom stereocenters. The van der Waals surface area contributed by atoms with E-state index in [0.29, 0.717) is 0 Å². The number of hydrogen-bond donors (Lipinski definition) is 3. The molecule has 0 heterocycles. The number of rotatable bonds is 4. The van der Waals surface area contributed by atoms with Crippen molar-refractivity contribution in [3.8, 4) is 0 Å². The fraction of sp³-hybridized carbons (Fsp3) is 0.500. The SMILES string of the molecule is C=[N+]=C(O)C(N)CCC(=O)O. The predicted octanol–water partition coefficient (Wildman–Crippen LogP) is -1.10. The number of aliphatic hydroxyl groups is 1. The van der Waals surface area contributed by atoms with Crippen LogP contribution in [0.3, 0.4) is 0 Å². The van der Waals surface area contributed by atoms with E-state index in [9.17, 15) is 4.79 Å². The molecule has 4 N–H and O–H groups in total. The summed E-state index contributed by atoms with van der Waals surface area (Å²) in [4.78, 5) is 10.0. The third-order valence-corrected chi connectivity index (χ3v) is 1.16. The lowest BCUT2D eigenvalue weighted by Gasteiger charge is -1.97. The van der Waals surface area contributed by atoms with Gasteiger partial charge in [-0.2, -0.15) is 0 Å². The fourth-order valence-electron chi connectivity index (χ4n) is 0.525. The molecule has 0 amide bonds. The van der Waals surface area contributed by atoms with Gasteiger partial charge in [0.15, 0.2) is 0 Å². The second kappa shape index (κ2) is 4.49. The monoisotopic (exact) mass is 159 g/mol. The van der Waals surface area contributed by atoms with Crippen molar-refractivity contribution in [1.82, 2.24) is 4.67 Å². The number of aliphatic hydroxyl groups excluding tert-OH is 1. The zero-order valence-corrected chi connectivity index (χ0v) is 6.03. The van der Waals surface area contributed by atoms with Crippen molar-refractivity contribution in [1.29, 1.82) is 0 Å². The van der Waals surface area contributed by atoms with E-state index in [0.717, 1.165) is 0 Å². The number of carbonyl (C=O) groups is 1. The first-order chi connectivity index (χ1) is 5.07. The van der Waals surface area contributed by atoms with Crippen LogP contribution in [0.15, 0.2) is 0 Å². The van der Waals surface area contributed by atoms with Crippen molar-refractivity contribution in [2.24, 2.45) is 5.73 Å². The van der Waals surface area contributed by atoms with Crippen molar-refractivity contribution in [3.63, 3.8) is 0 Å². The smallest absolute Gasteiger partial charge is 0.475 e. The van der Waals surface area contributed by atoms with Crippen molar-refractivity contribution < 1.29 is 15.0 Å². The molecule has 0 aromatic rings. The minimum absolute atomic E-state index is 0.0826. The first kappa shape index (κ1) is 9.68. The maximum Gasteiger partial charge on any atom is 0.475 e. The molecule has 0 saturated heterocycles. The highest BCUT2D eigenvalue weighted by molar-refractivity contribution is 5.80. The predicted molar refractivity (Wildman–Crippen MR) is 41.7 cm³/mol. The maximum absolute atomic E-state index is 10.0.